The Morgan fingerprint density at radius 3 is 2.48 bits per heavy atom. The van der Waals surface area contributed by atoms with Crippen molar-refractivity contribution < 1.29 is 14.4 Å². The van der Waals surface area contributed by atoms with Gasteiger partial charge >= 0.3 is 6.03 Å². The van der Waals surface area contributed by atoms with Gasteiger partial charge in [0.25, 0.3) is 5.91 Å². The van der Waals surface area contributed by atoms with Crippen LogP contribution in [-0.4, -0.2) is 59.4 Å². The second-order valence-electron chi connectivity index (χ2n) is 6.99. The van der Waals surface area contributed by atoms with Crippen molar-refractivity contribution >= 4 is 17.8 Å². The molecule has 2 heterocycles. The summed E-state index contributed by atoms with van der Waals surface area (Å²) in [7, 11) is 0. The van der Waals surface area contributed by atoms with Gasteiger partial charge in [0.1, 0.15) is 5.54 Å². The molecule has 128 valence electrons. The van der Waals surface area contributed by atoms with Crippen molar-refractivity contribution in [1.82, 2.24) is 15.1 Å². The van der Waals surface area contributed by atoms with E-state index in [0.717, 1.165) is 38.8 Å². The van der Waals surface area contributed by atoms with Gasteiger partial charge in [-0.25, -0.2) is 4.79 Å². The summed E-state index contributed by atoms with van der Waals surface area (Å²) in [5.74, 6) is 0.385. The van der Waals surface area contributed by atoms with E-state index < -0.39 is 5.54 Å². The lowest BCUT2D eigenvalue weighted by Crippen LogP contribution is -2.44. The van der Waals surface area contributed by atoms with Crippen LogP contribution in [0.5, 0.6) is 0 Å². The molecule has 1 saturated carbocycles. The molecule has 7 heteroatoms. The number of imide groups is 1. The number of likely N-dealkylation sites (tertiary alicyclic amines) is 1. The molecule has 0 aromatic carbocycles. The predicted octanol–water partition coefficient (Wildman–Crippen LogP) is 0.438. The molecule has 3 fully saturated rings. The minimum Gasteiger partial charge on any atom is -0.343 e. The molecule has 3 N–H and O–H groups in total. The summed E-state index contributed by atoms with van der Waals surface area (Å²) in [6.45, 7) is 2.31. The van der Waals surface area contributed by atoms with E-state index in [2.05, 4.69) is 5.32 Å². The van der Waals surface area contributed by atoms with Crippen LogP contribution in [0, 0.1) is 5.92 Å². The highest BCUT2D eigenvalue weighted by Crippen LogP contribution is 2.35. The highest BCUT2D eigenvalue weighted by Gasteiger charge is 2.52. The fourth-order valence-electron chi connectivity index (χ4n) is 3.98. The fraction of sp³-hybridized carbons (Fsp3) is 0.812. The van der Waals surface area contributed by atoms with Gasteiger partial charge in [0, 0.05) is 26.1 Å². The number of nitrogens with one attached hydrogen (secondary N) is 1. The van der Waals surface area contributed by atoms with E-state index >= 15 is 0 Å². The summed E-state index contributed by atoms with van der Waals surface area (Å²) in [5, 5.41) is 2.84. The maximum absolute atomic E-state index is 12.5. The molecular formula is C16H26N4O3. The van der Waals surface area contributed by atoms with Crippen molar-refractivity contribution in [3.63, 3.8) is 0 Å². The summed E-state index contributed by atoms with van der Waals surface area (Å²) in [6.07, 6.45) is 5.46. The minimum absolute atomic E-state index is 0.0217. The highest BCUT2D eigenvalue weighted by atomic mass is 16.2. The topological polar surface area (TPSA) is 95.7 Å². The van der Waals surface area contributed by atoms with Crippen LogP contribution in [0.3, 0.4) is 0 Å². The minimum atomic E-state index is -0.681. The van der Waals surface area contributed by atoms with Gasteiger partial charge in [-0.05, 0) is 38.1 Å². The van der Waals surface area contributed by atoms with Gasteiger partial charge in [-0.15, -0.1) is 0 Å². The quantitative estimate of drug-likeness (QED) is 0.734. The molecule has 3 rings (SSSR count). The predicted molar refractivity (Wildman–Crippen MR) is 84.4 cm³/mol. The van der Waals surface area contributed by atoms with Gasteiger partial charge in [-0.2, -0.15) is 0 Å². The Kier molecular flexibility index (Phi) is 4.57. The Labute approximate surface area is 136 Å². The zero-order valence-corrected chi connectivity index (χ0v) is 13.6. The fourth-order valence-corrected chi connectivity index (χ4v) is 3.98. The van der Waals surface area contributed by atoms with Crippen LogP contribution in [0.1, 0.15) is 44.9 Å². The zero-order valence-electron chi connectivity index (χ0n) is 13.6. The van der Waals surface area contributed by atoms with Crippen molar-refractivity contribution in [2.75, 3.05) is 26.2 Å². The molecule has 2 aliphatic heterocycles. The molecule has 7 nitrogen and oxygen atoms in total. The standard InChI is InChI=1S/C16H26N4O3/c17-11-12-3-8-19(9-4-12)13(21)5-10-20-14(22)16(18-15(20)23)6-1-2-7-16/h12H,1-11,17H2,(H,18,23). The number of nitrogens with two attached hydrogens (primary N) is 1. The van der Waals surface area contributed by atoms with Gasteiger partial charge in [-0.3, -0.25) is 14.5 Å². The number of carbonyl (C=O) groups is 3. The molecule has 0 unspecified atom stereocenters. The van der Waals surface area contributed by atoms with Crippen LogP contribution >= 0.6 is 0 Å². The van der Waals surface area contributed by atoms with Gasteiger partial charge in [-0.1, -0.05) is 12.8 Å². The Bertz CT molecular complexity index is 494. The van der Waals surface area contributed by atoms with Crippen LogP contribution in [0.4, 0.5) is 4.79 Å². The number of carbonyl (C=O) groups excluding carboxylic acids is 3. The van der Waals surface area contributed by atoms with Gasteiger partial charge < -0.3 is 16.0 Å². The van der Waals surface area contributed by atoms with Crippen molar-refractivity contribution in [3.05, 3.63) is 0 Å². The van der Waals surface area contributed by atoms with E-state index in [1.54, 1.807) is 0 Å². The Balaban J connectivity index is 1.51. The lowest BCUT2D eigenvalue weighted by molar-refractivity contribution is -0.134. The van der Waals surface area contributed by atoms with E-state index in [9.17, 15) is 14.4 Å². The van der Waals surface area contributed by atoms with Crippen LogP contribution < -0.4 is 11.1 Å². The molecule has 3 aliphatic rings. The maximum atomic E-state index is 12.5. The second kappa shape index (κ2) is 6.47. The Hall–Kier alpha value is -1.63. The molecule has 1 spiro atoms. The molecular weight excluding hydrogens is 296 g/mol. The molecule has 23 heavy (non-hydrogen) atoms. The van der Waals surface area contributed by atoms with E-state index in [-0.39, 0.29) is 30.8 Å². The second-order valence-corrected chi connectivity index (χ2v) is 6.99. The summed E-state index contributed by atoms with van der Waals surface area (Å²) in [4.78, 5) is 39.9. The third kappa shape index (κ3) is 3.06. The van der Waals surface area contributed by atoms with Gasteiger partial charge in [0.05, 0.1) is 0 Å². The smallest absolute Gasteiger partial charge is 0.325 e. The van der Waals surface area contributed by atoms with E-state index in [1.165, 1.54) is 4.90 Å². The average molecular weight is 322 g/mol. The first-order chi connectivity index (χ1) is 11.1. The van der Waals surface area contributed by atoms with Crippen molar-refractivity contribution in [2.24, 2.45) is 11.7 Å². The lowest BCUT2D eigenvalue weighted by Gasteiger charge is -2.31. The number of hydrogen-bond acceptors (Lipinski definition) is 4. The molecule has 0 radical (unpaired) electrons. The Morgan fingerprint density at radius 1 is 1.22 bits per heavy atom. The first-order valence-corrected chi connectivity index (χ1v) is 8.68. The number of piperidine rings is 1. The molecule has 0 bridgehead atoms. The van der Waals surface area contributed by atoms with E-state index in [1.807, 2.05) is 4.90 Å². The normalized spacial score (nSPS) is 24.6. The van der Waals surface area contributed by atoms with Crippen molar-refractivity contribution in [1.29, 1.82) is 0 Å². The first kappa shape index (κ1) is 16.2. The average Bonchev–Trinajstić information content (AvgIpc) is 3.12. The molecule has 0 atom stereocenters. The van der Waals surface area contributed by atoms with Crippen LogP contribution in [0.15, 0.2) is 0 Å². The van der Waals surface area contributed by atoms with Crippen molar-refractivity contribution in [2.45, 2.75) is 50.5 Å². The van der Waals surface area contributed by atoms with Crippen LogP contribution in [0.2, 0.25) is 0 Å². The first-order valence-electron chi connectivity index (χ1n) is 8.68. The number of hydrogen-bond donors (Lipinski definition) is 2. The number of nitrogens with zero attached hydrogens (tertiary/aromatic N) is 2. The summed E-state index contributed by atoms with van der Waals surface area (Å²) < 4.78 is 0. The molecule has 0 aromatic heterocycles. The molecule has 1 aliphatic carbocycles. The third-order valence-electron chi connectivity index (χ3n) is 5.55. The Morgan fingerprint density at radius 2 is 1.87 bits per heavy atom. The van der Waals surface area contributed by atoms with E-state index in [0.29, 0.717) is 25.3 Å². The monoisotopic (exact) mass is 322 g/mol. The highest BCUT2D eigenvalue weighted by molar-refractivity contribution is 6.07. The summed E-state index contributed by atoms with van der Waals surface area (Å²) >= 11 is 0. The van der Waals surface area contributed by atoms with Crippen LogP contribution in [0.25, 0.3) is 0 Å². The van der Waals surface area contributed by atoms with E-state index in [4.69, 9.17) is 5.73 Å². The SMILES string of the molecule is NCC1CCN(C(=O)CCN2C(=O)NC3(CCCC3)C2=O)CC1. The number of rotatable bonds is 4. The molecule has 4 amide bonds. The van der Waals surface area contributed by atoms with Gasteiger partial charge in [0.2, 0.25) is 5.91 Å². The number of urea groups is 1. The lowest BCUT2D eigenvalue weighted by atomic mass is 9.97. The zero-order chi connectivity index (χ0) is 16.4. The number of amides is 4. The van der Waals surface area contributed by atoms with Gasteiger partial charge in [0.15, 0.2) is 0 Å². The van der Waals surface area contributed by atoms with Crippen molar-refractivity contribution in [3.8, 4) is 0 Å². The summed E-state index contributed by atoms with van der Waals surface area (Å²) in [5.41, 5.74) is 4.98. The summed E-state index contributed by atoms with van der Waals surface area (Å²) in [6, 6.07) is -0.341. The maximum Gasteiger partial charge on any atom is 0.325 e. The van der Waals surface area contributed by atoms with Crippen LogP contribution in [-0.2, 0) is 9.59 Å². The third-order valence-corrected chi connectivity index (χ3v) is 5.55. The molecule has 2 saturated heterocycles. The largest absolute Gasteiger partial charge is 0.343 e. The molecule has 0 aromatic rings.